The van der Waals surface area contributed by atoms with Crippen molar-refractivity contribution < 1.29 is 31.4 Å². The number of aryl methyl sites for hydroxylation is 4. The minimum Gasteiger partial charge on any atom is -0.454 e. The molecule has 0 saturated carbocycles. The maximum absolute atomic E-state index is 8.78. The van der Waals surface area contributed by atoms with Crippen LogP contribution in [0.2, 0.25) is 0 Å². The predicted molar refractivity (Wildman–Crippen MR) is 434 cm³/mol. The Hall–Kier alpha value is -12.0. The first-order chi connectivity index (χ1) is 54.8. The average Bonchev–Trinajstić information content (AvgIpc) is 1.59. The number of hydrogen-bond acceptors (Lipinski definition) is 16. The Morgan fingerprint density at radius 3 is 1.10 bits per heavy atom. The van der Waals surface area contributed by atoms with Crippen molar-refractivity contribution in [3.05, 3.63) is 241 Å². The van der Waals surface area contributed by atoms with Gasteiger partial charge in [-0.3, -0.25) is 0 Å². The first-order valence-electron chi connectivity index (χ1n) is 40.5. The second kappa shape index (κ2) is 26.0. The van der Waals surface area contributed by atoms with Crippen molar-refractivity contribution in [3.63, 3.8) is 0 Å². The molecular weight excluding hydrogens is 1300 g/mol. The van der Waals surface area contributed by atoms with Crippen LogP contribution in [0.1, 0.15) is 98.1 Å². The fourth-order valence-electron chi connectivity index (χ4n) is 16.3. The number of furan rings is 4. The van der Waals surface area contributed by atoms with Gasteiger partial charge < -0.3 is 56.9 Å². The lowest BCUT2D eigenvalue weighted by molar-refractivity contribution is 0.598. The highest BCUT2D eigenvalue weighted by Gasteiger charge is 2.42. The zero-order chi connectivity index (χ0) is 81.0. The quantitative estimate of drug-likeness (QED) is 0.150. The minimum absolute atomic E-state index is 0.169. The lowest BCUT2D eigenvalue weighted by Crippen LogP contribution is -2.42. The number of anilines is 12. The third-order valence-corrected chi connectivity index (χ3v) is 21.1. The van der Waals surface area contributed by atoms with Crippen molar-refractivity contribution >= 4 is 157 Å². The van der Waals surface area contributed by atoms with Crippen LogP contribution in [-0.2, 0) is 0 Å². The molecule has 20 rings (SSSR count). The number of benzene rings is 8. The lowest BCUT2D eigenvalue weighted by atomic mass is 10.1. The molecule has 0 N–H and O–H groups in total. The Kier molecular flexibility index (Phi) is 13.8. The highest BCUT2D eigenvalue weighted by Crippen LogP contribution is 2.53. The van der Waals surface area contributed by atoms with E-state index in [0.717, 1.165) is 150 Å². The number of aromatic nitrogens is 4. The van der Waals surface area contributed by atoms with Gasteiger partial charge in [-0.25, -0.2) is 19.9 Å². The maximum Gasteiger partial charge on any atom is 0.159 e. The zero-order valence-corrected chi connectivity index (χ0v) is 60.6. The third-order valence-electron chi connectivity index (χ3n) is 21.1. The number of nitrogens with zero attached hydrogens (tertiary/aromatic N) is 12. The molecule has 0 aliphatic carbocycles. The molecule has 8 aromatic carbocycles. The van der Waals surface area contributed by atoms with Gasteiger partial charge in [-0.05, 0) is 185 Å². The predicted octanol–water partition coefficient (Wildman–Crippen LogP) is 22.8. The minimum atomic E-state index is -2.52. The van der Waals surface area contributed by atoms with Crippen LogP contribution < -0.4 is 39.2 Å². The van der Waals surface area contributed by atoms with Gasteiger partial charge in [0.1, 0.15) is 47.0 Å². The number of rotatable bonds is 7. The van der Waals surface area contributed by atoms with Crippen LogP contribution in [0.4, 0.5) is 68.8 Å². The van der Waals surface area contributed by atoms with Gasteiger partial charge in [0.15, 0.2) is 45.6 Å². The summed E-state index contributed by atoms with van der Waals surface area (Å²) in [6.07, 6.45) is 5.89. The van der Waals surface area contributed by atoms with Gasteiger partial charge in [0, 0.05) is 104 Å². The van der Waals surface area contributed by atoms with Gasteiger partial charge in [0.05, 0.1) is 48.2 Å². The molecule has 0 bridgehead atoms. The van der Waals surface area contributed by atoms with Crippen molar-refractivity contribution in [1.82, 2.24) is 19.9 Å². The molecule has 0 saturated heterocycles. The molecule has 16 heteroatoms. The van der Waals surface area contributed by atoms with E-state index in [1.165, 1.54) is 19.4 Å². The fourth-order valence-corrected chi connectivity index (χ4v) is 16.3. The summed E-state index contributed by atoms with van der Waals surface area (Å²) >= 11 is 0. The summed E-state index contributed by atoms with van der Waals surface area (Å²) in [5.74, 6) is 2.75. The van der Waals surface area contributed by atoms with Crippen LogP contribution in [0.15, 0.2) is 237 Å². The van der Waals surface area contributed by atoms with Crippen molar-refractivity contribution in [2.45, 2.75) is 127 Å². The highest BCUT2D eigenvalue weighted by atomic mass is 16.3. The molecular formula is C89H86N12O4. The standard InChI is InChI=1S/2C23H23N3O.C22H21N3O.C21H19N3O/c1-14(2)25-16(4)26(19-9-7-13-24-23(19)25)21-15(3)11-12-18-17-8-5-6-10-20(17)27-22(18)21;1-14(2)25-16(4)26(23-19(25)9-7-13-24-23)21-15(3)11-12-18-17-8-5-6-10-20(17)27-22(18)21;1-4-24-15(3)25(18-9-7-13-23-22(18)24)20-14(2)11-12-17-16-8-5-6-10-19(16)26-21(17)20;1-13-10-11-16-15-7-4-5-9-18(15)25-20(16)19(13)24-14(2)23(3)21-17(24)8-6-12-22-21/h2*5-14,16H,1-4H3;5-13,15H,4H2,1-3H3;4-12,14H,1-3H3/t2*16-;15-;14-/m1111/s1/i2*1D3,14D;4D2;/t2*14?,16-;m;. The van der Waals surface area contributed by atoms with Gasteiger partial charge in [-0.2, -0.15) is 0 Å². The summed E-state index contributed by atoms with van der Waals surface area (Å²) in [6, 6.07) is 60.4. The molecule has 0 fully saturated rings. The van der Waals surface area contributed by atoms with Gasteiger partial charge in [0.2, 0.25) is 0 Å². The Morgan fingerprint density at radius 2 is 0.686 bits per heavy atom. The molecule has 4 aliphatic rings. The van der Waals surface area contributed by atoms with E-state index in [9.17, 15) is 0 Å². The Balaban J connectivity index is 0.000000111. The summed E-state index contributed by atoms with van der Waals surface area (Å²) < 4.78 is 107. The second-order valence-corrected chi connectivity index (χ2v) is 27.3. The first kappa shape index (κ1) is 55.6. The highest BCUT2D eigenvalue weighted by molar-refractivity contribution is 6.14. The van der Waals surface area contributed by atoms with E-state index in [2.05, 4.69) is 129 Å². The van der Waals surface area contributed by atoms with E-state index in [1.807, 2.05) is 172 Å². The first-order valence-corrected chi connectivity index (χ1v) is 35.5. The van der Waals surface area contributed by atoms with E-state index in [-0.39, 0.29) is 12.3 Å². The van der Waals surface area contributed by atoms with Crippen LogP contribution in [-0.4, -0.2) is 70.2 Å². The van der Waals surface area contributed by atoms with Crippen molar-refractivity contribution in [3.8, 4) is 0 Å². The fraction of sp³-hybridized carbons (Fsp3) is 0.236. The smallest absolute Gasteiger partial charge is 0.159 e. The van der Waals surface area contributed by atoms with Crippen LogP contribution in [0.25, 0.3) is 87.8 Å². The van der Waals surface area contributed by atoms with Gasteiger partial charge >= 0.3 is 0 Å². The molecule has 8 aromatic heterocycles. The van der Waals surface area contributed by atoms with Gasteiger partial charge in [-0.1, -0.05) is 121 Å². The average molecular weight is 1400 g/mol. The molecule has 105 heavy (non-hydrogen) atoms. The number of fused-ring (bicyclic) bond motifs is 16. The largest absolute Gasteiger partial charge is 0.454 e. The summed E-state index contributed by atoms with van der Waals surface area (Å²) in [7, 11) is 2.09. The van der Waals surface area contributed by atoms with Crippen molar-refractivity contribution in [2.75, 3.05) is 52.7 Å². The SMILES string of the molecule is Cc1ccc2c(oc3ccccc32)c1N1c2cccnc2N(C)[C@H]1C.[2H]C([2H])(C)N1c2ncccc2N(c2c(C)ccc3c2oc2ccccc23)[C@@H]1C.[2H]C([2H])([2H])C([2H])(C)N1c2cccnc2N(c2c(C)ccc3c2oc2ccccc23)[C@@H]1C.[2H]C([2H])([2H])C([2H])(C)N1c2ncccc2N(c2c(C)ccc3c2oc2ccccc23)[C@@H]1C. The molecule has 0 spiro atoms. The summed E-state index contributed by atoms with van der Waals surface area (Å²) in [5.41, 5.74) is 18.0. The van der Waals surface area contributed by atoms with E-state index < -0.39 is 44.6 Å². The van der Waals surface area contributed by atoms with Crippen LogP contribution >= 0.6 is 0 Å². The Bertz CT molecular complexity index is 6300. The van der Waals surface area contributed by atoms with Crippen LogP contribution in [0.5, 0.6) is 0 Å². The van der Waals surface area contributed by atoms with Crippen LogP contribution in [0.3, 0.4) is 0 Å². The molecule has 526 valence electrons. The summed E-state index contributed by atoms with van der Waals surface area (Å²) in [4.78, 5) is 33.8. The molecule has 2 unspecified atom stereocenters. The molecule has 4 aliphatic heterocycles. The number of para-hydroxylation sites is 4. The molecule has 12 heterocycles. The van der Waals surface area contributed by atoms with Gasteiger partial charge in [-0.15, -0.1) is 0 Å². The van der Waals surface area contributed by atoms with Crippen molar-refractivity contribution in [1.29, 1.82) is 0 Å². The normalized spacial score (nSPS) is 19.6. The monoisotopic (exact) mass is 1400 g/mol. The lowest BCUT2D eigenvalue weighted by Gasteiger charge is -2.33. The molecule has 16 nitrogen and oxygen atoms in total. The Morgan fingerprint density at radius 1 is 0.362 bits per heavy atom. The van der Waals surface area contributed by atoms with E-state index in [0.29, 0.717) is 23.1 Å². The van der Waals surface area contributed by atoms with Crippen molar-refractivity contribution in [2.24, 2.45) is 0 Å². The number of hydrogen-bond donors (Lipinski definition) is 0. The molecule has 16 aromatic rings. The topological polar surface area (TPSA) is 130 Å². The number of pyridine rings is 4. The maximum atomic E-state index is 8.78. The second-order valence-electron chi connectivity index (χ2n) is 27.3. The van der Waals surface area contributed by atoms with E-state index in [1.54, 1.807) is 46.3 Å². The molecule has 0 amide bonds. The van der Waals surface area contributed by atoms with E-state index in [4.69, 9.17) is 31.4 Å². The molecule has 6 atom stereocenters. The van der Waals surface area contributed by atoms with Crippen LogP contribution in [0, 0.1) is 27.7 Å². The summed E-state index contributed by atoms with van der Waals surface area (Å²) in [5, 5.41) is 8.50. The Labute approximate surface area is 625 Å². The third kappa shape index (κ3) is 10.5. The zero-order valence-electron chi connectivity index (χ0n) is 70.6. The summed E-state index contributed by atoms with van der Waals surface area (Å²) in [6.45, 7) is 14.1. The van der Waals surface area contributed by atoms with E-state index >= 15 is 0 Å². The molecule has 0 radical (unpaired) electrons. The van der Waals surface area contributed by atoms with Gasteiger partial charge in [0.25, 0.3) is 0 Å².